The molecule has 43 heavy (non-hydrogen) atoms. The molecule has 5 atom stereocenters. The molecular formula is C29H34N5O7PS. The van der Waals surface area contributed by atoms with Crippen LogP contribution < -0.4 is 10.1 Å². The predicted octanol–water partition coefficient (Wildman–Crippen LogP) is 2.49. The first kappa shape index (κ1) is 28.5. The molecule has 3 aromatic rings. The number of amides is 3. The van der Waals surface area contributed by atoms with Gasteiger partial charge in [0.15, 0.2) is 5.75 Å². The second-order valence-electron chi connectivity index (χ2n) is 12.4. The van der Waals surface area contributed by atoms with Crippen molar-refractivity contribution in [1.29, 1.82) is 0 Å². The molecule has 12 nitrogen and oxygen atoms in total. The molecule has 1 saturated carbocycles. The van der Waals surface area contributed by atoms with Crippen LogP contribution in [0.5, 0.6) is 5.75 Å². The van der Waals surface area contributed by atoms with E-state index in [2.05, 4.69) is 10.4 Å². The van der Waals surface area contributed by atoms with Gasteiger partial charge in [-0.05, 0) is 73.1 Å². The van der Waals surface area contributed by atoms with Crippen LogP contribution in [0, 0.1) is 11.8 Å². The summed E-state index contributed by atoms with van der Waals surface area (Å²) in [5, 5.41) is 7.82. The van der Waals surface area contributed by atoms with Gasteiger partial charge in [-0.2, -0.15) is 5.10 Å². The summed E-state index contributed by atoms with van der Waals surface area (Å²) in [6.45, 7) is 0.924. The summed E-state index contributed by atoms with van der Waals surface area (Å²) in [7, 11) is -2.40. The zero-order chi connectivity index (χ0) is 30.0. The predicted molar refractivity (Wildman–Crippen MR) is 158 cm³/mol. The molecule has 3 N–H and O–H groups in total. The molecule has 228 valence electrons. The minimum absolute atomic E-state index is 0.00311. The Morgan fingerprint density at radius 2 is 1.93 bits per heavy atom. The van der Waals surface area contributed by atoms with Crippen LogP contribution >= 0.6 is 18.9 Å². The summed E-state index contributed by atoms with van der Waals surface area (Å²) >= 11 is 1.27. The fourth-order valence-corrected chi connectivity index (χ4v) is 8.58. The number of hydrogen-bond donors (Lipinski definition) is 3. The maximum Gasteiger partial charge on any atom is 0.329 e. The van der Waals surface area contributed by atoms with Crippen molar-refractivity contribution >= 4 is 46.7 Å². The summed E-state index contributed by atoms with van der Waals surface area (Å²) < 4.78 is 19.8. The van der Waals surface area contributed by atoms with Crippen LogP contribution in [0.25, 0.3) is 10.1 Å². The lowest BCUT2D eigenvalue weighted by molar-refractivity contribution is -0.152. The van der Waals surface area contributed by atoms with Gasteiger partial charge in [-0.25, -0.2) is 0 Å². The number of nitrogens with one attached hydrogen (secondary N) is 1. The summed E-state index contributed by atoms with van der Waals surface area (Å²) in [6.07, 6.45) is 6.84. The zero-order valence-electron chi connectivity index (χ0n) is 23.7. The van der Waals surface area contributed by atoms with Gasteiger partial charge in [-0.3, -0.25) is 23.6 Å². The Morgan fingerprint density at radius 3 is 2.67 bits per heavy atom. The molecule has 1 aliphatic carbocycles. The number of nitrogens with zero attached hydrogens (tertiary/aromatic N) is 4. The first-order valence-corrected chi connectivity index (χ1v) is 17.3. The smallest absolute Gasteiger partial charge is 0.329 e. The quantitative estimate of drug-likeness (QED) is 0.338. The third-order valence-corrected chi connectivity index (χ3v) is 11.1. The highest BCUT2D eigenvalue weighted by Gasteiger charge is 2.52. The molecule has 1 aromatic carbocycles. The molecule has 3 saturated heterocycles. The Bertz CT molecular complexity index is 1640. The van der Waals surface area contributed by atoms with Crippen molar-refractivity contribution in [3.05, 3.63) is 47.1 Å². The van der Waals surface area contributed by atoms with E-state index in [1.54, 1.807) is 51.1 Å². The van der Waals surface area contributed by atoms with Gasteiger partial charge in [0, 0.05) is 17.8 Å². The number of rotatable bonds is 7. The third kappa shape index (κ3) is 5.83. The molecule has 0 radical (unpaired) electrons. The van der Waals surface area contributed by atoms with E-state index in [0.29, 0.717) is 54.0 Å². The molecule has 7 rings (SSSR count). The van der Waals surface area contributed by atoms with Gasteiger partial charge in [0.25, 0.3) is 5.91 Å². The van der Waals surface area contributed by atoms with Gasteiger partial charge in [0.05, 0.1) is 36.5 Å². The highest BCUT2D eigenvalue weighted by molar-refractivity contribution is 7.50. The molecule has 0 unspecified atom stereocenters. The van der Waals surface area contributed by atoms with Gasteiger partial charge in [-0.15, -0.1) is 11.3 Å². The molecular weight excluding hydrogens is 593 g/mol. The molecule has 0 bridgehead atoms. The Morgan fingerprint density at radius 1 is 1.14 bits per heavy atom. The Balaban J connectivity index is 1.04. The number of hydrogen-bond acceptors (Lipinski definition) is 7. The van der Waals surface area contributed by atoms with E-state index in [4.69, 9.17) is 4.74 Å². The fourth-order valence-electron chi connectivity index (χ4n) is 6.96. The molecule has 4 fully saturated rings. The lowest BCUT2D eigenvalue weighted by Crippen LogP contribution is -2.62. The van der Waals surface area contributed by atoms with Gasteiger partial charge in [-0.1, -0.05) is 6.07 Å². The average molecular weight is 628 g/mol. The monoisotopic (exact) mass is 627 g/mol. The normalized spacial score (nSPS) is 27.2. The molecule has 0 spiro atoms. The topological polar surface area (TPSA) is 154 Å². The molecule has 5 heterocycles. The number of carbonyl (C=O) groups excluding carboxylic acids is 3. The number of likely N-dealkylation sites (tertiary alicyclic amines) is 1. The van der Waals surface area contributed by atoms with Crippen molar-refractivity contribution < 1.29 is 33.5 Å². The number of aromatic nitrogens is 2. The van der Waals surface area contributed by atoms with Crippen LogP contribution in [0.3, 0.4) is 0 Å². The van der Waals surface area contributed by atoms with E-state index in [-0.39, 0.29) is 36.0 Å². The molecule has 14 heteroatoms. The maximum absolute atomic E-state index is 14.0. The minimum atomic E-state index is -4.22. The van der Waals surface area contributed by atoms with Crippen molar-refractivity contribution in [2.24, 2.45) is 18.9 Å². The van der Waals surface area contributed by atoms with Crippen LogP contribution in [0.2, 0.25) is 0 Å². The van der Waals surface area contributed by atoms with Crippen molar-refractivity contribution in [2.75, 3.05) is 13.1 Å². The number of benzene rings is 1. The van der Waals surface area contributed by atoms with Gasteiger partial charge in [0.2, 0.25) is 11.8 Å². The fraction of sp³-hybridized carbons (Fsp3) is 0.517. The highest BCUT2D eigenvalue weighted by atomic mass is 32.1. The lowest BCUT2D eigenvalue weighted by Gasteiger charge is -2.42. The number of aryl methyl sites for hydroxylation is 1. The lowest BCUT2D eigenvalue weighted by atomic mass is 9.98. The molecule has 4 aliphatic rings. The largest absolute Gasteiger partial charge is 0.483 e. The van der Waals surface area contributed by atoms with Gasteiger partial charge >= 0.3 is 7.60 Å². The third-order valence-electron chi connectivity index (χ3n) is 9.16. The summed E-state index contributed by atoms with van der Waals surface area (Å²) in [5.41, 5.74) is 0.494. The summed E-state index contributed by atoms with van der Waals surface area (Å²) in [6, 6.07) is 5.54. The Hall–Kier alpha value is -3.25. The summed E-state index contributed by atoms with van der Waals surface area (Å²) in [5.74, 6) is 0.961. The molecule has 2 aromatic heterocycles. The Labute approximate surface area is 252 Å². The van der Waals surface area contributed by atoms with Crippen molar-refractivity contribution in [3.8, 4) is 5.75 Å². The van der Waals surface area contributed by atoms with E-state index in [1.165, 1.54) is 11.3 Å². The number of carbonyl (C=O) groups is 3. The van der Waals surface area contributed by atoms with Crippen LogP contribution in [-0.4, -0.2) is 84.4 Å². The van der Waals surface area contributed by atoms with E-state index in [0.717, 1.165) is 29.3 Å². The van der Waals surface area contributed by atoms with Crippen molar-refractivity contribution in [2.45, 2.75) is 62.5 Å². The standard InChI is InChI=1S/C29H34N5O7PS/c1-32-12-21(11-30-32)41-22-13-33(14-22)29(37)24-4-3-20-8-17-7-18(17)9-23(28(36)34(20)24)31-27(35)26-10-19-6-16(15-42(38,39)40)2-5-25(19)43-26/h2,5-6,10-12,17-18,20,22-24H,3-4,7-9,13-15H2,1H3,(H,31,35)(H2,38,39,40)/t17-,18+,20-,23+,24+/m1/s1. The van der Waals surface area contributed by atoms with Crippen LogP contribution in [0.15, 0.2) is 36.7 Å². The number of thiophene rings is 1. The average Bonchev–Trinajstić information content (AvgIpc) is 3.25. The first-order chi connectivity index (χ1) is 20.5. The number of fused-ring (bicyclic) bond motifs is 3. The van der Waals surface area contributed by atoms with Crippen molar-refractivity contribution in [3.63, 3.8) is 0 Å². The minimum Gasteiger partial charge on any atom is -0.483 e. The zero-order valence-corrected chi connectivity index (χ0v) is 25.4. The number of ether oxygens (including phenoxy) is 1. The van der Waals surface area contributed by atoms with Crippen LogP contribution in [0.4, 0.5) is 0 Å². The van der Waals surface area contributed by atoms with Crippen LogP contribution in [0.1, 0.15) is 47.3 Å². The molecule has 3 aliphatic heterocycles. The highest BCUT2D eigenvalue weighted by Crippen LogP contribution is 2.49. The van der Waals surface area contributed by atoms with E-state index >= 15 is 0 Å². The maximum atomic E-state index is 14.0. The Kier molecular flexibility index (Phi) is 7.11. The van der Waals surface area contributed by atoms with Gasteiger partial charge in [0.1, 0.15) is 18.2 Å². The second kappa shape index (κ2) is 10.7. The molecule has 3 amide bonds. The van der Waals surface area contributed by atoms with Gasteiger partial charge < -0.3 is 29.6 Å². The van der Waals surface area contributed by atoms with E-state index in [1.807, 2.05) is 7.05 Å². The van der Waals surface area contributed by atoms with Crippen LogP contribution in [-0.2, 0) is 27.4 Å². The first-order valence-electron chi connectivity index (χ1n) is 14.6. The summed E-state index contributed by atoms with van der Waals surface area (Å²) in [4.78, 5) is 63.7. The SMILES string of the molecule is Cn1cc(OC2CN(C(=O)[C@@H]3CC[C@@H]4C[C@H]5C[C@H]5C[C@H](NC(=O)c5cc6cc(CP(=O)(O)O)ccc6s5)C(=O)N43)C2)cn1. The van der Waals surface area contributed by atoms with Crippen molar-refractivity contribution in [1.82, 2.24) is 24.9 Å². The second-order valence-corrected chi connectivity index (χ2v) is 15.1. The van der Waals surface area contributed by atoms with E-state index < -0.39 is 19.7 Å². The van der Waals surface area contributed by atoms with E-state index in [9.17, 15) is 28.7 Å².